The number of benzene rings is 1. The fourth-order valence-corrected chi connectivity index (χ4v) is 5.15. The Morgan fingerprint density at radius 1 is 1.13 bits per heavy atom. The van der Waals surface area contributed by atoms with Crippen molar-refractivity contribution < 1.29 is 0 Å². The van der Waals surface area contributed by atoms with Gasteiger partial charge >= 0.3 is 0 Å². The maximum absolute atomic E-state index is 6.58. The van der Waals surface area contributed by atoms with E-state index in [1.54, 1.807) is 0 Å². The molecule has 1 aromatic carbocycles. The smallest absolute Gasteiger partial charge is 0.170 e. The first-order valence-electron chi connectivity index (χ1n) is 10.5. The van der Waals surface area contributed by atoms with Crippen molar-refractivity contribution in [2.45, 2.75) is 45.7 Å². The van der Waals surface area contributed by atoms with Crippen molar-refractivity contribution in [3.63, 3.8) is 0 Å². The first-order chi connectivity index (χ1) is 14.9. The van der Waals surface area contributed by atoms with E-state index in [1.165, 1.54) is 5.56 Å². The standard InChI is InChI=1S/C24H26Cl2N4S/c1-4-5-13-29-23(22(28-24(29)31)19-10-6-7-12-27-19)17-14-15(2)30(16(17)3)20-11-8-9-18(25)21(20)26/h6-12,14,22-23H,4-5,13H2,1-3H3,(H,28,31)/t22-,23-/m1/s1. The van der Waals surface area contributed by atoms with Gasteiger partial charge in [0.2, 0.25) is 0 Å². The zero-order valence-corrected chi connectivity index (χ0v) is 20.2. The summed E-state index contributed by atoms with van der Waals surface area (Å²) in [5.41, 5.74) is 5.32. The summed E-state index contributed by atoms with van der Waals surface area (Å²) in [5.74, 6) is 0. The van der Waals surface area contributed by atoms with Gasteiger partial charge in [-0.2, -0.15) is 0 Å². The maximum atomic E-state index is 6.58. The first kappa shape index (κ1) is 22.1. The zero-order valence-electron chi connectivity index (χ0n) is 17.9. The molecule has 3 heterocycles. The maximum Gasteiger partial charge on any atom is 0.170 e. The van der Waals surface area contributed by atoms with Crippen molar-refractivity contribution in [2.24, 2.45) is 0 Å². The number of halogens is 2. The molecule has 31 heavy (non-hydrogen) atoms. The molecule has 2 aromatic heterocycles. The molecule has 0 bridgehead atoms. The Labute approximate surface area is 199 Å². The van der Waals surface area contributed by atoms with Crippen LogP contribution in [0.4, 0.5) is 0 Å². The minimum Gasteiger partial charge on any atom is -0.352 e. The molecular formula is C24H26Cl2N4S. The molecule has 1 N–H and O–H groups in total. The summed E-state index contributed by atoms with van der Waals surface area (Å²) in [6.45, 7) is 7.33. The summed E-state index contributed by atoms with van der Waals surface area (Å²) in [7, 11) is 0. The third-order valence-electron chi connectivity index (χ3n) is 5.91. The van der Waals surface area contributed by atoms with Gasteiger partial charge in [0.05, 0.1) is 33.5 Å². The predicted octanol–water partition coefficient (Wildman–Crippen LogP) is 6.57. The summed E-state index contributed by atoms with van der Waals surface area (Å²) >= 11 is 18.7. The Hall–Kier alpha value is -2.08. The van der Waals surface area contributed by atoms with E-state index in [9.17, 15) is 0 Å². The van der Waals surface area contributed by atoms with E-state index in [0.717, 1.165) is 47.3 Å². The molecule has 1 fully saturated rings. The van der Waals surface area contributed by atoms with Crippen LogP contribution in [0.5, 0.6) is 0 Å². The minimum atomic E-state index is -0.0191. The molecule has 0 unspecified atom stereocenters. The van der Waals surface area contributed by atoms with Crippen LogP contribution >= 0.6 is 35.4 Å². The van der Waals surface area contributed by atoms with Gasteiger partial charge in [0, 0.05) is 24.1 Å². The number of aryl methyl sites for hydroxylation is 1. The number of nitrogens with zero attached hydrogens (tertiary/aromatic N) is 3. The van der Waals surface area contributed by atoms with Crippen LogP contribution in [0.1, 0.15) is 54.5 Å². The van der Waals surface area contributed by atoms with Crippen LogP contribution in [0.3, 0.4) is 0 Å². The Bertz CT molecular complexity index is 1100. The highest BCUT2D eigenvalue weighted by Crippen LogP contribution is 2.42. The van der Waals surface area contributed by atoms with Gasteiger partial charge in [-0.25, -0.2) is 0 Å². The van der Waals surface area contributed by atoms with Crippen LogP contribution in [0.15, 0.2) is 48.7 Å². The van der Waals surface area contributed by atoms with Gasteiger partial charge in [-0.1, -0.05) is 48.7 Å². The van der Waals surface area contributed by atoms with Crippen LogP contribution in [0.2, 0.25) is 10.0 Å². The number of nitrogens with one attached hydrogen (secondary N) is 1. The second-order valence-electron chi connectivity index (χ2n) is 7.91. The first-order valence-corrected chi connectivity index (χ1v) is 11.7. The summed E-state index contributed by atoms with van der Waals surface area (Å²) in [6, 6.07) is 14.0. The lowest BCUT2D eigenvalue weighted by molar-refractivity contribution is 0.312. The zero-order chi connectivity index (χ0) is 22.1. The van der Waals surface area contributed by atoms with Crippen molar-refractivity contribution in [1.29, 1.82) is 0 Å². The van der Waals surface area contributed by atoms with Crippen LogP contribution in [0, 0.1) is 13.8 Å². The average Bonchev–Trinajstić information content (AvgIpc) is 3.24. The second kappa shape index (κ2) is 9.19. The summed E-state index contributed by atoms with van der Waals surface area (Å²) in [6.07, 6.45) is 4.02. The Balaban J connectivity index is 1.84. The molecule has 0 radical (unpaired) electrons. The Kier molecular flexibility index (Phi) is 6.56. The molecule has 162 valence electrons. The van der Waals surface area contributed by atoms with Crippen LogP contribution in [0.25, 0.3) is 5.69 Å². The van der Waals surface area contributed by atoms with E-state index in [1.807, 2.05) is 36.5 Å². The minimum absolute atomic E-state index is 0.0191. The number of rotatable bonds is 6. The van der Waals surface area contributed by atoms with E-state index in [-0.39, 0.29) is 12.1 Å². The van der Waals surface area contributed by atoms with Gasteiger partial charge in [-0.15, -0.1) is 0 Å². The lowest BCUT2D eigenvalue weighted by Crippen LogP contribution is -2.30. The van der Waals surface area contributed by atoms with E-state index < -0.39 is 0 Å². The highest BCUT2D eigenvalue weighted by atomic mass is 35.5. The second-order valence-corrected chi connectivity index (χ2v) is 9.08. The third kappa shape index (κ3) is 4.07. The average molecular weight is 473 g/mol. The molecule has 0 aliphatic carbocycles. The topological polar surface area (TPSA) is 33.1 Å². The van der Waals surface area contributed by atoms with Gasteiger partial charge < -0.3 is 14.8 Å². The molecule has 3 aromatic rings. The van der Waals surface area contributed by atoms with E-state index in [0.29, 0.717) is 10.0 Å². The molecule has 2 atom stereocenters. The van der Waals surface area contributed by atoms with Crippen molar-refractivity contribution >= 4 is 40.5 Å². The van der Waals surface area contributed by atoms with Crippen LogP contribution in [-0.2, 0) is 0 Å². The Morgan fingerprint density at radius 2 is 1.94 bits per heavy atom. The molecule has 1 aliphatic rings. The molecule has 1 saturated heterocycles. The highest BCUT2D eigenvalue weighted by Gasteiger charge is 2.41. The lowest BCUT2D eigenvalue weighted by atomic mass is 9.96. The summed E-state index contributed by atoms with van der Waals surface area (Å²) in [4.78, 5) is 6.94. The van der Waals surface area contributed by atoms with Crippen molar-refractivity contribution in [2.75, 3.05) is 6.54 Å². The van der Waals surface area contributed by atoms with E-state index in [2.05, 4.69) is 52.7 Å². The quantitative estimate of drug-likeness (QED) is 0.411. The van der Waals surface area contributed by atoms with E-state index >= 15 is 0 Å². The lowest BCUT2D eigenvalue weighted by Gasteiger charge is -2.28. The molecule has 4 nitrogen and oxygen atoms in total. The normalized spacial score (nSPS) is 18.5. The van der Waals surface area contributed by atoms with Crippen molar-refractivity contribution in [1.82, 2.24) is 19.8 Å². The van der Waals surface area contributed by atoms with Crippen molar-refractivity contribution in [3.05, 3.63) is 81.4 Å². The molecule has 7 heteroatoms. The summed E-state index contributed by atoms with van der Waals surface area (Å²) in [5, 5.41) is 5.42. The van der Waals surface area contributed by atoms with Gasteiger partial charge in [0.15, 0.2) is 5.11 Å². The number of aromatic nitrogens is 2. The fraction of sp³-hybridized carbons (Fsp3) is 0.333. The Morgan fingerprint density at radius 3 is 2.65 bits per heavy atom. The van der Waals surface area contributed by atoms with Crippen molar-refractivity contribution in [3.8, 4) is 5.69 Å². The fourth-order valence-electron chi connectivity index (χ4n) is 4.44. The van der Waals surface area contributed by atoms with E-state index in [4.69, 9.17) is 35.4 Å². The third-order valence-corrected chi connectivity index (χ3v) is 7.07. The van der Waals surface area contributed by atoms with Gasteiger partial charge in [-0.05, 0) is 68.4 Å². The number of hydrogen-bond acceptors (Lipinski definition) is 2. The van der Waals surface area contributed by atoms with Crippen LogP contribution in [-0.4, -0.2) is 26.1 Å². The van der Waals surface area contributed by atoms with Crippen LogP contribution < -0.4 is 5.32 Å². The molecular weight excluding hydrogens is 447 g/mol. The molecule has 4 rings (SSSR count). The molecule has 0 amide bonds. The molecule has 0 spiro atoms. The number of unbranched alkanes of at least 4 members (excludes halogenated alkanes) is 1. The largest absolute Gasteiger partial charge is 0.352 e. The highest BCUT2D eigenvalue weighted by molar-refractivity contribution is 7.80. The summed E-state index contributed by atoms with van der Waals surface area (Å²) < 4.78 is 2.18. The SMILES string of the molecule is CCCCN1C(=S)N[C@H](c2ccccn2)[C@H]1c1cc(C)n(-c2cccc(Cl)c2Cl)c1C. The van der Waals surface area contributed by atoms with Gasteiger partial charge in [-0.3, -0.25) is 4.98 Å². The predicted molar refractivity (Wildman–Crippen MR) is 132 cm³/mol. The number of hydrogen-bond donors (Lipinski definition) is 1. The van der Waals surface area contributed by atoms with Gasteiger partial charge in [0.1, 0.15) is 0 Å². The van der Waals surface area contributed by atoms with Gasteiger partial charge in [0.25, 0.3) is 0 Å². The molecule has 1 aliphatic heterocycles. The number of pyridine rings is 1. The molecule has 0 saturated carbocycles. The monoisotopic (exact) mass is 472 g/mol. The number of thiocarbonyl (C=S) groups is 1.